The van der Waals surface area contributed by atoms with Crippen LogP contribution in [-0.4, -0.2) is 35.0 Å². The first kappa shape index (κ1) is 17.3. The number of rotatable bonds is 8. The third-order valence-electron chi connectivity index (χ3n) is 2.82. The third-order valence-corrected chi connectivity index (χ3v) is 4.88. The molecule has 0 aliphatic heterocycles. The van der Waals surface area contributed by atoms with Crippen molar-refractivity contribution in [3.8, 4) is 5.75 Å². The van der Waals surface area contributed by atoms with Crippen LogP contribution in [0, 0.1) is 0 Å². The van der Waals surface area contributed by atoms with Gasteiger partial charge in [0, 0.05) is 6.54 Å². The van der Waals surface area contributed by atoms with E-state index in [1.54, 1.807) is 25.3 Å². The number of hydrogen-bond acceptors (Lipinski definition) is 7. The molecule has 1 aromatic carbocycles. The largest absolute Gasteiger partial charge is 0.495 e. The molecule has 0 unspecified atom stereocenters. The second kappa shape index (κ2) is 8.54. The molecule has 2 rings (SSSR count). The van der Waals surface area contributed by atoms with Crippen molar-refractivity contribution in [2.45, 2.75) is 16.5 Å². The van der Waals surface area contributed by atoms with Gasteiger partial charge in [0.25, 0.3) is 0 Å². The number of anilines is 2. The average molecular weight is 350 g/mol. The minimum Gasteiger partial charge on any atom is -0.495 e. The van der Waals surface area contributed by atoms with Crippen LogP contribution in [0.5, 0.6) is 5.75 Å². The van der Waals surface area contributed by atoms with E-state index in [1.807, 2.05) is 19.1 Å². The first-order valence-electron chi connectivity index (χ1n) is 6.93. The Morgan fingerprint density at radius 3 is 3.00 bits per heavy atom. The molecule has 0 aliphatic rings. The van der Waals surface area contributed by atoms with Gasteiger partial charge in [-0.25, -0.2) is 0 Å². The van der Waals surface area contributed by atoms with Gasteiger partial charge in [0.15, 0.2) is 4.34 Å². The number of carbonyl (C=O) groups is 1. The lowest BCUT2D eigenvalue weighted by Gasteiger charge is -2.12. The Balaban J connectivity index is 1.94. The summed E-state index contributed by atoms with van der Waals surface area (Å²) in [4.78, 5) is 12.3. The Morgan fingerprint density at radius 2 is 2.26 bits per heavy atom. The van der Waals surface area contributed by atoms with Crippen LogP contribution in [0.3, 0.4) is 0 Å². The molecule has 0 saturated heterocycles. The fourth-order valence-corrected chi connectivity index (χ4v) is 3.58. The highest BCUT2D eigenvalue weighted by Crippen LogP contribution is 2.30. The van der Waals surface area contributed by atoms with Crippen LogP contribution in [0.1, 0.15) is 6.92 Å². The second-order valence-corrected chi connectivity index (χ2v) is 7.06. The van der Waals surface area contributed by atoms with E-state index in [0.717, 1.165) is 4.34 Å². The number of hydrogen-bond donors (Lipinski definition) is 2. The molecule has 1 aromatic heterocycles. The van der Waals surface area contributed by atoms with Crippen LogP contribution in [0.15, 0.2) is 41.3 Å². The number of nitrogens with zero attached hydrogens (tertiary/aromatic N) is 2. The van der Waals surface area contributed by atoms with Gasteiger partial charge in [0.2, 0.25) is 11.0 Å². The van der Waals surface area contributed by atoms with Gasteiger partial charge in [-0.15, -0.1) is 16.8 Å². The van der Waals surface area contributed by atoms with Gasteiger partial charge in [0.1, 0.15) is 5.75 Å². The van der Waals surface area contributed by atoms with Gasteiger partial charge in [-0.05, 0) is 19.1 Å². The van der Waals surface area contributed by atoms with E-state index < -0.39 is 0 Å². The Labute approximate surface area is 143 Å². The number of thioether (sulfide) groups is 1. The van der Waals surface area contributed by atoms with Crippen molar-refractivity contribution in [1.82, 2.24) is 10.2 Å². The molecule has 1 amide bonds. The molecule has 1 atom stereocenters. The zero-order chi connectivity index (χ0) is 16.7. The molecule has 6 nitrogen and oxygen atoms in total. The molecule has 23 heavy (non-hydrogen) atoms. The molecular formula is C15H18N4O2S2. The van der Waals surface area contributed by atoms with Crippen LogP contribution in [-0.2, 0) is 4.79 Å². The smallest absolute Gasteiger partial charge is 0.237 e. The maximum atomic E-state index is 12.3. The minimum absolute atomic E-state index is 0.115. The lowest BCUT2D eigenvalue weighted by atomic mass is 10.3. The van der Waals surface area contributed by atoms with E-state index in [9.17, 15) is 4.79 Å². The van der Waals surface area contributed by atoms with Crippen molar-refractivity contribution in [3.05, 3.63) is 36.9 Å². The quantitative estimate of drug-likeness (QED) is 0.562. The number of benzene rings is 1. The summed E-state index contributed by atoms with van der Waals surface area (Å²) >= 11 is 2.77. The normalized spacial score (nSPS) is 11.6. The van der Waals surface area contributed by atoms with Gasteiger partial charge < -0.3 is 15.4 Å². The maximum absolute atomic E-state index is 12.3. The summed E-state index contributed by atoms with van der Waals surface area (Å²) in [7, 11) is 1.57. The van der Waals surface area contributed by atoms with Gasteiger partial charge in [-0.3, -0.25) is 4.79 Å². The molecule has 122 valence electrons. The van der Waals surface area contributed by atoms with Crippen molar-refractivity contribution in [1.29, 1.82) is 0 Å². The molecule has 0 fully saturated rings. The number of ether oxygens (including phenoxy) is 1. The van der Waals surface area contributed by atoms with Crippen LogP contribution in [0.25, 0.3) is 0 Å². The zero-order valence-corrected chi connectivity index (χ0v) is 14.5. The Kier molecular flexibility index (Phi) is 6.42. The molecule has 0 aliphatic carbocycles. The van der Waals surface area contributed by atoms with Crippen LogP contribution < -0.4 is 15.4 Å². The first-order chi connectivity index (χ1) is 11.1. The molecule has 8 heteroatoms. The number of methoxy groups -OCH3 is 1. The highest BCUT2D eigenvalue weighted by molar-refractivity contribution is 8.02. The van der Waals surface area contributed by atoms with Gasteiger partial charge in [-0.1, -0.05) is 41.3 Å². The third kappa shape index (κ3) is 4.97. The summed E-state index contributed by atoms with van der Waals surface area (Å²) < 4.78 is 5.96. The van der Waals surface area contributed by atoms with Gasteiger partial charge in [-0.2, -0.15) is 0 Å². The van der Waals surface area contributed by atoms with E-state index in [-0.39, 0.29) is 11.2 Å². The summed E-state index contributed by atoms with van der Waals surface area (Å²) in [5.41, 5.74) is 0.651. The predicted molar refractivity (Wildman–Crippen MR) is 95.5 cm³/mol. The molecule has 0 bridgehead atoms. The molecule has 2 aromatic rings. The second-order valence-electron chi connectivity index (χ2n) is 4.49. The lowest BCUT2D eigenvalue weighted by molar-refractivity contribution is -0.115. The number of carbonyl (C=O) groups excluding carboxylic acids is 1. The van der Waals surface area contributed by atoms with E-state index in [4.69, 9.17) is 4.74 Å². The zero-order valence-electron chi connectivity index (χ0n) is 12.9. The van der Waals surface area contributed by atoms with E-state index in [2.05, 4.69) is 27.4 Å². The van der Waals surface area contributed by atoms with E-state index in [1.165, 1.54) is 23.1 Å². The van der Waals surface area contributed by atoms with Crippen molar-refractivity contribution in [3.63, 3.8) is 0 Å². The number of aromatic nitrogens is 2. The van der Waals surface area contributed by atoms with E-state index in [0.29, 0.717) is 23.1 Å². The maximum Gasteiger partial charge on any atom is 0.237 e. The van der Waals surface area contributed by atoms with Gasteiger partial charge in [0.05, 0.1) is 18.0 Å². The highest BCUT2D eigenvalue weighted by Gasteiger charge is 2.18. The fourth-order valence-electron chi connectivity index (χ4n) is 1.68. The fraction of sp³-hybridized carbons (Fsp3) is 0.267. The first-order valence-corrected chi connectivity index (χ1v) is 8.62. The van der Waals surface area contributed by atoms with E-state index >= 15 is 0 Å². The summed E-state index contributed by atoms with van der Waals surface area (Å²) in [5, 5.41) is 14.4. The van der Waals surface area contributed by atoms with Crippen molar-refractivity contribution in [2.75, 3.05) is 24.3 Å². The average Bonchev–Trinajstić information content (AvgIpc) is 3.00. The van der Waals surface area contributed by atoms with Crippen LogP contribution in [0.4, 0.5) is 10.8 Å². The standard InChI is InChI=1S/C15H18N4O2S2/c1-4-9-16-14-18-19-15(23-14)22-10(2)13(20)17-11-7-5-6-8-12(11)21-3/h4-8,10H,1,9H2,2-3H3,(H,16,18)(H,17,20)/t10-/m0/s1. The topological polar surface area (TPSA) is 76.1 Å². The molecule has 0 spiro atoms. The number of amides is 1. The molecule has 0 radical (unpaired) electrons. The summed E-state index contributed by atoms with van der Waals surface area (Å²) in [5.74, 6) is 0.514. The molecule has 1 heterocycles. The van der Waals surface area contributed by atoms with Gasteiger partial charge >= 0.3 is 0 Å². The molecule has 0 saturated carbocycles. The van der Waals surface area contributed by atoms with Crippen molar-refractivity contribution in [2.24, 2.45) is 0 Å². The van der Waals surface area contributed by atoms with Crippen molar-refractivity contribution >= 4 is 39.8 Å². The Bertz CT molecular complexity index is 675. The summed E-state index contributed by atoms with van der Waals surface area (Å²) in [6.45, 7) is 6.09. The monoisotopic (exact) mass is 350 g/mol. The lowest BCUT2D eigenvalue weighted by Crippen LogP contribution is -2.22. The SMILES string of the molecule is C=CCNc1nnc(S[C@@H](C)C(=O)Nc2ccccc2OC)s1. The van der Waals surface area contributed by atoms with Crippen LogP contribution >= 0.6 is 23.1 Å². The molecular weight excluding hydrogens is 332 g/mol. The molecule has 2 N–H and O–H groups in total. The Hall–Kier alpha value is -2.06. The summed E-state index contributed by atoms with van der Waals surface area (Å²) in [6.07, 6.45) is 1.75. The number of nitrogens with one attached hydrogen (secondary N) is 2. The van der Waals surface area contributed by atoms with Crippen LogP contribution in [0.2, 0.25) is 0 Å². The highest BCUT2D eigenvalue weighted by atomic mass is 32.2. The minimum atomic E-state index is -0.305. The summed E-state index contributed by atoms with van der Waals surface area (Å²) in [6, 6.07) is 7.30. The predicted octanol–water partition coefficient (Wildman–Crippen LogP) is 3.26. The van der Waals surface area contributed by atoms with Crippen molar-refractivity contribution < 1.29 is 9.53 Å². The number of para-hydroxylation sites is 2. The Morgan fingerprint density at radius 1 is 1.48 bits per heavy atom.